The monoisotopic (exact) mass is 402 g/mol. The number of fused-ring (bicyclic) bond motifs is 4. The highest BCUT2D eigenvalue weighted by Crippen LogP contribution is 2.34. The maximum Gasteiger partial charge on any atom is 0.436 e. The van der Waals surface area contributed by atoms with Gasteiger partial charge in [-0.3, -0.25) is 19.1 Å². The van der Waals surface area contributed by atoms with E-state index in [1.807, 2.05) is 0 Å². The lowest BCUT2D eigenvalue weighted by Gasteiger charge is -2.14. The maximum absolute atomic E-state index is 14.3. The topological polar surface area (TPSA) is 81.4 Å². The number of halogens is 4. The summed E-state index contributed by atoms with van der Waals surface area (Å²) in [5.41, 5.74) is -1.87. The smallest absolute Gasteiger partial charge is 0.278 e. The molecular weight excluding hydrogens is 392 g/mol. The third kappa shape index (κ3) is 2.43. The van der Waals surface area contributed by atoms with Crippen LogP contribution in [-0.2, 0) is 13.2 Å². The van der Waals surface area contributed by atoms with E-state index in [2.05, 4.69) is 20.3 Å². The van der Waals surface area contributed by atoms with Gasteiger partial charge in [0, 0.05) is 29.4 Å². The first-order valence-electron chi connectivity index (χ1n) is 8.34. The summed E-state index contributed by atoms with van der Waals surface area (Å²) in [6.07, 6.45) is -2.14. The first-order chi connectivity index (χ1) is 13.8. The molecule has 4 heterocycles. The number of hydrogen-bond acceptors (Lipinski definition) is 4. The summed E-state index contributed by atoms with van der Waals surface area (Å²) in [4.78, 5) is 16.7. The predicted octanol–water partition coefficient (Wildman–Crippen LogP) is 3.31. The van der Waals surface area contributed by atoms with Crippen LogP contribution < -0.4 is 5.56 Å². The third-order valence-electron chi connectivity index (χ3n) is 4.66. The molecule has 4 aromatic heterocycles. The normalized spacial score (nSPS) is 12.4. The number of alkyl halides is 3. The lowest BCUT2D eigenvalue weighted by Crippen LogP contribution is -2.22. The van der Waals surface area contributed by atoms with Crippen LogP contribution in [0.1, 0.15) is 5.69 Å². The Hall–Kier alpha value is -3.76. The molecule has 0 radical (unpaired) electrons. The summed E-state index contributed by atoms with van der Waals surface area (Å²) in [7, 11) is 1.56. The zero-order chi connectivity index (χ0) is 20.5. The minimum absolute atomic E-state index is 0.0125. The largest absolute Gasteiger partial charge is 0.436 e. The van der Waals surface area contributed by atoms with Gasteiger partial charge in [0.15, 0.2) is 17.0 Å². The van der Waals surface area contributed by atoms with Crippen molar-refractivity contribution in [3.8, 4) is 5.69 Å². The number of H-pyrrole nitrogens is 1. The molecule has 0 atom stereocenters. The van der Waals surface area contributed by atoms with Crippen LogP contribution in [0.3, 0.4) is 0 Å². The van der Waals surface area contributed by atoms with Gasteiger partial charge in [-0.1, -0.05) is 6.07 Å². The Morgan fingerprint density at radius 1 is 1.14 bits per heavy atom. The number of aryl methyl sites for hydroxylation is 1. The number of benzene rings is 1. The molecule has 1 aromatic carbocycles. The molecule has 0 saturated carbocycles. The van der Waals surface area contributed by atoms with Crippen molar-refractivity contribution in [2.45, 2.75) is 6.18 Å². The van der Waals surface area contributed by atoms with E-state index < -0.39 is 23.2 Å². The van der Waals surface area contributed by atoms with Crippen molar-refractivity contribution in [1.29, 1.82) is 0 Å². The fraction of sp³-hybridized carbons (Fsp3) is 0.111. The fourth-order valence-corrected chi connectivity index (χ4v) is 3.46. The fourth-order valence-electron chi connectivity index (χ4n) is 3.46. The molecule has 0 aliphatic heterocycles. The van der Waals surface area contributed by atoms with Gasteiger partial charge < -0.3 is 0 Å². The Morgan fingerprint density at radius 3 is 2.69 bits per heavy atom. The van der Waals surface area contributed by atoms with Gasteiger partial charge in [-0.2, -0.15) is 23.4 Å². The van der Waals surface area contributed by atoms with Crippen LogP contribution in [0.5, 0.6) is 0 Å². The second-order valence-electron chi connectivity index (χ2n) is 6.50. The molecule has 0 amide bonds. The third-order valence-corrected chi connectivity index (χ3v) is 4.66. The Morgan fingerprint density at radius 2 is 1.93 bits per heavy atom. The highest BCUT2D eigenvalue weighted by molar-refractivity contribution is 6.04. The number of aromatic amines is 1. The van der Waals surface area contributed by atoms with E-state index >= 15 is 0 Å². The number of hydrogen-bond donors (Lipinski definition) is 1. The summed E-state index contributed by atoms with van der Waals surface area (Å²) in [5, 5.41) is 11.5. The van der Waals surface area contributed by atoms with Gasteiger partial charge in [0.2, 0.25) is 0 Å². The van der Waals surface area contributed by atoms with E-state index in [1.165, 1.54) is 17.1 Å². The van der Waals surface area contributed by atoms with Crippen molar-refractivity contribution in [2.75, 3.05) is 0 Å². The van der Waals surface area contributed by atoms with Crippen LogP contribution in [-0.4, -0.2) is 29.5 Å². The summed E-state index contributed by atoms with van der Waals surface area (Å²) in [6.45, 7) is 0. The first-order valence-corrected chi connectivity index (χ1v) is 8.34. The van der Waals surface area contributed by atoms with E-state index in [4.69, 9.17) is 0 Å². The van der Waals surface area contributed by atoms with Gasteiger partial charge >= 0.3 is 6.18 Å². The Kier molecular flexibility index (Phi) is 3.37. The van der Waals surface area contributed by atoms with Gasteiger partial charge in [0.05, 0.1) is 17.4 Å². The molecule has 0 fully saturated rings. The van der Waals surface area contributed by atoms with Crippen LogP contribution in [0, 0.1) is 5.82 Å². The molecule has 11 heteroatoms. The van der Waals surface area contributed by atoms with E-state index in [0.29, 0.717) is 10.9 Å². The standard InChI is InChI=1S/C18H10F4N6O/c1-27-7-10-8-5-11(19)15(18(20,21)22)24-16(8)28(17(29)14(10)26-27)13-4-2-3-12-9(13)6-23-25-12/h2-7H,1H3,(H,23,25). The van der Waals surface area contributed by atoms with Crippen LogP contribution in [0.4, 0.5) is 17.6 Å². The molecule has 29 heavy (non-hydrogen) atoms. The Bertz CT molecular complexity index is 1490. The highest BCUT2D eigenvalue weighted by atomic mass is 19.4. The van der Waals surface area contributed by atoms with Crippen molar-refractivity contribution < 1.29 is 17.6 Å². The van der Waals surface area contributed by atoms with Crippen molar-refractivity contribution in [3.63, 3.8) is 0 Å². The second-order valence-corrected chi connectivity index (χ2v) is 6.50. The SMILES string of the molecule is Cn1cc2c(n1)c(=O)n(-c1cccc3[nH]ncc13)c1nc(C(F)(F)F)c(F)cc21. The maximum atomic E-state index is 14.3. The van der Waals surface area contributed by atoms with Crippen molar-refractivity contribution in [1.82, 2.24) is 29.5 Å². The minimum atomic E-state index is -5.02. The van der Waals surface area contributed by atoms with Gasteiger partial charge in [-0.15, -0.1) is 0 Å². The van der Waals surface area contributed by atoms with E-state index in [9.17, 15) is 22.4 Å². The first kappa shape index (κ1) is 17.3. The van der Waals surface area contributed by atoms with E-state index in [1.54, 1.807) is 25.2 Å². The number of nitrogens with one attached hydrogen (secondary N) is 1. The van der Waals surface area contributed by atoms with Gasteiger partial charge in [-0.05, 0) is 18.2 Å². The molecule has 0 spiro atoms. The molecule has 5 aromatic rings. The molecule has 0 saturated heterocycles. The van der Waals surface area contributed by atoms with E-state index in [-0.39, 0.29) is 27.6 Å². The quantitative estimate of drug-likeness (QED) is 0.436. The molecule has 7 nitrogen and oxygen atoms in total. The average molecular weight is 402 g/mol. The molecule has 0 aliphatic carbocycles. The van der Waals surface area contributed by atoms with Gasteiger partial charge in [0.1, 0.15) is 5.65 Å². The zero-order valence-corrected chi connectivity index (χ0v) is 14.6. The molecule has 5 rings (SSSR count). The van der Waals surface area contributed by atoms with Crippen molar-refractivity contribution >= 4 is 32.8 Å². The Balaban J connectivity index is 2.05. The summed E-state index contributed by atoms with van der Waals surface area (Å²) in [6, 6.07) is 5.60. The van der Waals surface area contributed by atoms with Crippen LogP contribution in [0.25, 0.3) is 38.5 Å². The molecule has 0 aliphatic rings. The number of aromatic nitrogens is 6. The molecular formula is C18H10F4N6O. The average Bonchev–Trinajstić information content (AvgIpc) is 3.28. The van der Waals surface area contributed by atoms with Crippen LogP contribution in [0.15, 0.2) is 41.5 Å². The Labute approximate surface area is 158 Å². The number of pyridine rings is 2. The minimum Gasteiger partial charge on any atom is -0.278 e. The number of nitrogens with zero attached hydrogens (tertiary/aromatic N) is 5. The van der Waals surface area contributed by atoms with E-state index in [0.717, 1.165) is 10.6 Å². The summed E-state index contributed by atoms with van der Waals surface area (Å²) < 4.78 is 56.6. The molecule has 0 unspecified atom stereocenters. The molecule has 146 valence electrons. The molecule has 0 bridgehead atoms. The summed E-state index contributed by atoms with van der Waals surface area (Å²) in [5.74, 6) is -1.53. The zero-order valence-electron chi connectivity index (χ0n) is 14.6. The van der Waals surface area contributed by atoms with Crippen molar-refractivity contribution in [3.05, 3.63) is 58.5 Å². The second kappa shape index (κ2) is 5.63. The lowest BCUT2D eigenvalue weighted by atomic mass is 10.1. The highest BCUT2D eigenvalue weighted by Gasteiger charge is 2.37. The van der Waals surface area contributed by atoms with Gasteiger partial charge in [0.25, 0.3) is 5.56 Å². The van der Waals surface area contributed by atoms with Crippen LogP contribution in [0.2, 0.25) is 0 Å². The number of rotatable bonds is 1. The lowest BCUT2D eigenvalue weighted by molar-refractivity contribution is -0.143. The molecule has 1 N–H and O–H groups in total. The predicted molar refractivity (Wildman–Crippen MR) is 96.2 cm³/mol. The van der Waals surface area contributed by atoms with Gasteiger partial charge in [-0.25, -0.2) is 9.37 Å². The van der Waals surface area contributed by atoms with Crippen LogP contribution >= 0.6 is 0 Å². The van der Waals surface area contributed by atoms with Crippen molar-refractivity contribution in [2.24, 2.45) is 7.05 Å². The summed E-state index contributed by atoms with van der Waals surface area (Å²) >= 11 is 0.